The minimum absolute atomic E-state index is 0.139. The Kier molecular flexibility index (Phi) is 7.60. The number of tetrazole rings is 1. The van der Waals surface area contributed by atoms with Crippen LogP contribution in [0.3, 0.4) is 0 Å². The molecule has 0 saturated carbocycles. The highest BCUT2D eigenvalue weighted by atomic mass is 19.4. The molecule has 184 valence electrons. The Morgan fingerprint density at radius 2 is 1.86 bits per heavy atom. The van der Waals surface area contributed by atoms with Gasteiger partial charge in [-0.15, -0.1) is 5.10 Å². The molecular weight excluding hydrogens is 457 g/mol. The lowest BCUT2D eigenvalue weighted by Gasteiger charge is -2.13. The van der Waals surface area contributed by atoms with E-state index in [2.05, 4.69) is 25.7 Å². The summed E-state index contributed by atoms with van der Waals surface area (Å²) in [5.41, 5.74) is 5.58. The number of nitrogens with zero attached hydrogens (tertiary/aromatic N) is 5. The van der Waals surface area contributed by atoms with Gasteiger partial charge in [0.05, 0.1) is 12.3 Å². The second-order valence-electron chi connectivity index (χ2n) is 8.35. The van der Waals surface area contributed by atoms with Crippen molar-refractivity contribution in [2.45, 2.75) is 51.9 Å². The topological polar surface area (TPSA) is 81.5 Å². The molecule has 0 aliphatic carbocycles. The molecule has 4 rings (SSSR count). The normalized spacial score (nSPS) is 11.8. The lowest BCUT2D eigenvalue weighted by Crippen LogP contribution is -2.20. The molecular formula is C25H27F3N6O. The van der Waals surface area contributed by atoms with E-state index in [0.717, 1.165) is 45.3 Å². The zero-order valence-corrected chi connectivity index (χ0v) is 19.6. The van der Waals surface area contributed by atoms with E-state index in [0.29, 0.717) is 30.1 Å². The lowest BCUT2D eigenvalue weighted by atomic mass is 9.93. The number of aromatic nitrogens is 6. The quantitative estimate of drug-likeness (QED) is 0.327. The highest BCUT2D eigenvalue weighted by Crippen LogP contribution is 2.32. The molecule has 0 radical (unpaired) electrons. The molecule has 2 aromatic heterocycles. The predicted molar refractivity (Wildman–Crippen MR) is 125 cm³/mol. The van der Waals surface area contributed by atoms with Gasteiger partial charge in [0.15, 0.2) is 5.82 Å². The van der Waals surface area contributed by atoms with Crippen LogP contribution in [0.1, 0.15) is 42.3 Å². The SMILES string of the molecule is CCCCc1c(Cc2ccc(-c3ccccc3)c(-c3nnn[nH]3)c2)c(COC)nn1CC(F)(F)F. The van der Waals surface area contributed by atoms with Crippen LogP contribution < -0.4 is 0 Å². The molecule has 2 heterocycles. The van der Waals surface area contributed by atoms with Gasteiger partial charge in [0, 0.05) is 30.4 Å². The third-order valence-electron chi connectivity index (χ3n) is 5.78. The van der Waals surface area contributed by atoms with Gasteiger partial charge in [-0.2, -0.15) is 18.3 Å². The van der Waals surface area contributed by atoms with Crippen molar-refractivity contribution >= 4 is 0 Å². The monoisotopic (exact) mass is 484 g/mol. The van der Waals surface area contributed by atoms with E-state index in [-0.39, 0.29) is 6.61 Å². The summed E-state index contributed by atoms with van der Waals surface area (Å²) in [6.07, 6.45) is -1.80. The number of benzene rings is 2. The minimum atomic E-state index is -4.36. The zero-order valence-electron chi connectivity index (χ0n) is 19.6. The fraction of sp³-hybridized carbons (Fsp3) is 0.360. The maximum atomic E-state index is 13.3. The van der Waals surface area contributed by atoms with Crippen LogP contribution in [0.25, 0.3) is 22.5 Å². The number of rotatable bonds is 10. The first-order chi connectivity index (χ1) is 16.9. The van der Waals surface area contributed by atoms with Crippen LogP contribution in [0.4, 0.5) is 13.2 Å². The fourth-order valence-corrected chi connectivity index (χ4v) is 4.21. The number of halogens is 3. The smallest absolute Gasteiger partial charge is 0.378 e. The van der Waals surface area contributed by atoms with Crippen molar-refractivity contribution in [3.05, 3.63) is 71.0 Å². The zero-order chi connectivity index (χ0) is 24.8. The molecule has 0 unspecified atom stereocenters. The van der Waals surface area contributed by atoms with Crippen molar-refractivity contribution in [3.8, 4) is 22.5 Å². The third-order valence-corrected chi connectivity index (χ3v) is 5.78. The molecule has 0 amide bonds. The lowest BCUT2D eigenvalue weighted by molar-refractivity contribution is -0.143. The van der Waals surface area contributed by atoms with Crippen LogP contribution in [0.2, 0.25) is 0 Å². The summed E-state index contributed by atoms with van der Waals surface area (Å²) in [5, 5.41) is 18.6. The fourth-order valence-electron chi connectivity index (χ4n) is 4.21. The summed E-state index contributed by atoms with van der Waals surface area (Å²) in [6.45, 7) is 1.03. The molecule has 10 heteroatoms. The Morgan fingerprint density at radius 1 is 1.06 bits per heavy atom. The van der Waals surface area contributed by atoms with Crippen molar-refractivity contribution in [2.24, 2.45) is 0 Å². The summed E-state index contributed by atoms with van der Waals surface area (Å²) in [7, 11) is 1.52. The van der Waals surface area contributed by atoms with Gasteiger partial charge < -0.3 is 4.74 Å². The molecule has 7 nitrogen and oxygen atoms in total. The van der Waals surface area contributed by atoms with Gasteiger partial charge in [-0.25, -0.2) is 5.10 Å². The molecule has 0 spiro atoms. The Labute approximate surface area is 201 Å². The van der Waals surface area contributed by atoms with E-state index in [1.807, 2.05) is 55.5 Å². The van der Waals surface area contributed by atoms with Gasteiger partial charge in [0.2, 0.25) is 0 Å². The van der Waals surface area contributed by atoms with E-state index >= 15 is 0 Å². The van der Waals surface area contributed by atoms with Gasteiger partial charge in [-0.1, -0.05) is 55.8 Å². The number of aromatic amines is 1. The van der Waals surface area contributed by atoms with Crippen LogP contribution in [0, 0.1) is 0 Å². The van der Waals surface area contributed by atoms with E-state index < -0.39 is 12.7 Å². The Balaban J connectivity index is 1.78. The minimum Gasteiger partial charge on any atom is -0.378 e. The maximum Gasteiger partial charge on any atom is 0.408 e. The van der Waals surface area contributed by atoms with E-state index in [4.69, 9.17) is 4.74 Å². The maximum absolute atomic E-state index is 13.3. The molecule has 4 aromatic rings. The van der Waals surface area contributed by atoms with Gasteiger partial charge in [-0.05, 0) is 46.0 Å². The Bertz CT molecular complexity index is 1240. The molecule has 0 fully saturated rings. The number of hydrogen-bond acceptors (Lipinski definition) is 5. The second kappa shape index (κ2) is 10.8. The molecule has 0 saturated heterocycles. The Hall–Kier alpha value is -3.53. The van der Waals surface area contributed by atoms with Crippen LogP contribution in [0.5, 0.6) is 0 Å². The number of ether oxygens (including phenoxy) is 1. The van der Waals surface area contributed by atoms with Crippen LogP contribution in [0.15, 0.2) is 48.5 Å². The van der Waals surface area contributed by atoms with Crippen LogP contribution >= 0.6 is 0 Å². The van der Waals surface area contributed by atoms with Crippen LogP contribution in [-0.4, -0.2) is 43.7 Å². The van der Waals surface area contributed by atoms with Gasteiger partial charge in [0.1, 0.15) is 6.54 Å². The number of methoxy groups -OCH3 is 1. The molecule has 35 heavy (non-hydrogen) atoms. The molecule has 1 N–H and O–H groups in total. The van der Waals surface area contributed by atoms with Gasteiger partial charge >= 0.3 is 6.18 Å². The number of unbranched alkanes of at least 4 members (excludes halogenated alkanes) is 1. The molecule has 0 aliphatic rings. The number of H-pyrrole nitrogens is 1. The predicted octanol–water partition coefficient (Wildman–Crippen LogP) is 5.37. The summed E-state index contributed by atoms with van der Waals surface area (Å²) in [6, 6.07) is 15.8. The highest BCUT2D eigenvalue weighted by Gasteiger charge is 2.31. The summed E-state index contributed by atoms with van der Waals surface area (Å²) >= 11 is 0. The van der Waals surface area contributed by atoms with E-state index in [1.54, 1.807) is 0 Å². The molecule has 0 aliphatic heterocycles. The van der Waals surface area contributed by atoms with Gasteiger partial charge in [0.25, 0.3) is 0 Å². The Morgan fingerprint density at radius 3 is 2.51 bits per heavy atom. The largest absolute Gasteiger partial charge is 0.408 e. The average molecular weight is 485 g/mol. The highest BCUT2D eigenvalue weighted by molar-refractivity contribution is 5.80. The van der Waals surface area contributed by atoms with Crippen molar-refractivity contribution in [2.75, 3.05) is 7.11 Å². The number of nitrogens with one attached hydrogen (secondary N) is 1. The first-order valence-corrected chi connectivity index (χ1v) is 11.4. The van der Waals surface area contributed by atoms with Crippen molar-refractivity contribution in [3.63, 3.8) is 0 Å². The number of alkyl halides is 3. The first kappa shape index (κ1) is 24.6. The first-order valence-electron chi connectivity index (χ1n) is 11.4. The molecule has 0 bridgehead atoms. The summed E-state index contributed by atoms with van der Waals surface area (Å²) in [4.78, 5) is 0. The van der Waals surface area contributed by atoms with Crippen molar-refractivity contribution < 1.29 is 17.9 Å². The third kappa shape index (κ3) is 5.94. The van der Waals surface area contributed by atoms with E-state index in [1.165, 1.54) is 7.11 Å². The number of hydrogen-bond donors (Lipinski definition) is 1. The summed E-state index contributed by atoms with van der Waals surface area (Å²) in [5.74, 6) is 0.516. The second-order valence-corrected chi connectivity index (χ2v) is 8.35. The van der Waals surface area contributed by atoms with E-state index in [9.17, 15) is 13.2 Å². The standard InChI is InChI=1S/C25H27F3N6O/c1-3-4-10-23-21(22(15-35-2)31-34(23)16-25(26,27)28)14-17-11-12-19(18-8-6-5-7-9-18)20(13-17)24-29-32-33-30-24/h5-9,11-13H,3-4,10,14-16H2,1-2H3,(H,29,30,32,33). The van der Waals surface area contributed by atoms with Crippen molar-refractivity contribution in [1.82, 2.24) is 30.4 Å². The molecule has 0 atom stereocenters. The molecule has 2 aromatic carbocycles. The summed E-state index contributed by atoms with van der Waals surface area (Å²) < 4.78 is 46.3. The van der Waals surface area contributed by atoms with Gasteiger partial charge in [-0.3, -0.25) is 4.68 Å². The average Bonchev–Trinajstić information content (AvgIpc) is 3.47. The van der Waals surface area contributed by atoms with Crippen LogP contribution in [-0.2, 0) is 30.7 Å². The van der Waals surface area contributed by atoms with Crippen molar-refractivity contribution in [1.29, 1.82) is 0 Å².